The van der Waals surface area contributed by atoms with Crippen molar-refractivity contribution in [2.75, 3.05) is 26.9 Å². The van der Waals surface area contributed by atoms with E-state index in [-0.39, 0.29) is 5.78 Å². The van der Waals surface area contributed by atoms with Crippen LogP contribution in [0, 0.1) is 0 Å². The number of rotatable bonds is 11. The summed E-state index contributed by atoms with van der Waals surface area (Å²) in [6.07, 6.45) is 3.45. The molecule has 3 aromatic rings. The summed E-state index contributed by atoms with van der Waals surface area (Å²) in [7, 11) is 1.59. The van der Waals surface area contributed by atoms with Crippen molar-refractivity contribution in [2.45, 2.75) is 12.5 Å². The molecule has 7 nitrogen and oxygen atoms in total. The first kappa shape index (κ1) is 19.6. The van der Waals surface area contributed by atoms with Gasteiger partial charge < -0.3 is 14.2 Å². The fourth-order valence-electron chi connectivity index (χ4n) is 2.74. The van der Waals surface area contributed by atoms with Crippen molar-refractivity contribution in [1.82, 2.24) is 14.8 Å². The van der Waals surface area contributed by atoms with Crippen molar-refractivity contribution in [1.29, 1.82) is 0 Å². The quantitative estimate of drug-likeness (QED) is 0.375. The Balaban J connectivity index is 1.51. The third kappa shape index (κ3) is 5.40. The van der Waals surface area contributed by atoms with E-state index in [0.717, 1.165) is 5.75 Å². The van der Waals surface area contributed by atoms with Gasteiger partial charge in [0.15, 0.2) is 5.78 Å². The van der Waals surface area contributed by atoms with E-state index in [1.165, 1.54) is 6.33 Å². The number of carbonyl (C=O) groups is 1. The summed E-state index contributed by atoms with van der Waals surface area (Å²) in [5.74, 6) is 1.47. The standard InChI is InChI=1S/C21H23N3O4/c1-26-18-9-7-17(8-10-18)21(25)20(24-16-22-15-23-24)11-12-27-13-14-28-19-5-3-2-4-6-19/h2-10,15-16,20H,11-14H2,1H3. The van der Waals surface area contributed by atoms with Crippen LogP contribution in [0.15, 0.2) is 67.3 Å². The molecule has 0 saturated heterocycles. The van der Waals surface area contributed by atoms with E-state index in [4.69, 9.17) is 14.2 Å². The van der Waals surface area contributed by atoms with E-state index < -0.39 is 6.04 Å². The van der Waals surface area contributed by atoms with Gasteiger partial charge in [-0.2, -0.15) is 5.10 Å². The highest BCUT2D eigenvalue weighted by Crippen LogP contribution is 2.20. The molecule has 0 fully saturated rings. The maximum atomic E-state index is 12.9. The molecule has 0 aliphatic carbocycles. The van der Waals surface area contributed by atoms with Crippen molar-refractivity contribution in [3.63, 3.8) is 0 Å². The molecule has 2 aromatic carbocycles. The van der Waals surface area contributed by atoms with Crippen LogP contribution in [-0.4, -0.2) is 47.5 Å². The van der Waals surface area contributed by atoms with Crippen LogP contribution in [-0.2, 0) is 4.74 Å². The third-order valence-corrected chi connectivity index (χ3v) is 4.21. The molecule has 0 aliphatic heterocycles. The highest BCUT2D eigenvalue weighted by molar-refractivity contribution is 5.99. The van der Waals surface area contributed by atoms with Gasteiger partial charge in [-0.25, -0.2) is 9.67 Å². The first-order chi connectivity index (χ1) is 13.8. The zero-order valence-electron chi connectivity index (χ0n) is 15.7. The lowest BCUT2D eigenvalue weighted by atomic mass is 10.0. The molecule has 3 rings (SSSR count). The Bertz CT molecular complexity index is 836. The number of ketones is 1. The minimum atomic E-state index is -0.481. The van der Waals surface area contributed by atoms with E-state index in [9.17, 15) is 4.79 Å². The Kier molecular flexibility index (Phi) is 7.14. The van der Waals surface area contributed by atoms with Crippen LogP contribution < -0.4 is 9.47 Å². The van der Waals surface area contributed by atoms with Gasteiger partial charge in [-0.3, -0.25) is 4.79 Å². The zero-order valence-corrected chi connectivity index (χ0v) is 15.7. The molecule has 146 valence electrons. The summed E-state index contributed by atoms with van der Waals surface area (Å²) in [6.45, 7) is 1.30. The first-order valence-corrected chi connectivity index (χ1v) is 9.06. The topological polar surface area (TPSA) is 75.5 Å². The van der Waals surface area contributed by atoms with Crippen molar-refractivity contribution in [3.8, 4) is 11.5 Å². The molecule has 7 heteroatoms. The van der Waals surface area contributed by atoms with Gasteiger partial charge in [-0.15, -0.1) is 0 Å². The molecule has 0 bridgehead atoms. The minimum Gasteiger partial charge on any atom is -0.497 e. The molecule has 1 aromatic heterocycles. The highest BCUT2D eigenvalue weighted by atomic mass is 16.5. The molecule has 0 aliphatic rings. The molecule has 1 heterocycles. The van der Waals surface area contributed by atoms with Gasteiger partial charge in [0.1, 0.15) is 36.8 Å². The van der Waals surface area contributed by atoms with Crippen molar-refractivity contribution >= 4 is 5.78 Å². The molecule has 1 unspecified atom stereocenters. The Hall–Kier alpha value is -3.19. The number of hydrogen-bond acceptors (Lipinski definition) is 6. The molecular weight excluding hydrogens is 358 g/mol. The monoisotopic (exact) mass is 381 g/mol. The van der Waals surface area contributed by atoms with Crippen molar-refractivity contribution in [2.24, 2.45) is 0 Å². The molecule has 0 radical (unpaired) electrons. The Morgan fingerprint density at radius 2 is 1.79 bits per heavy atom. The fourth-order valence-corrected chi connectivity index (χ4v) is 2.74. The summed E-state index contributed by atoms with van der Waals surface area (Å²) in [6, 6.07) is 16.1. The number of para-hydroxylation sites is 1. The minimum absolute atomic E-state index is 0.0442. The number of methoxy groups -OCH3 is 1. The lowest BCUT2D eigenvalue weighted by Crippen LogP contribution is -2.22. The van der Waals surface area contributed by atoms with Crippen LogP contribution in [0.4, 0.5) is 0 Å². The van der Waals surface area contributed by atoms with Gasteiger partial charge >= 0.3 is 0 Å². The summed E-state index contributed by atoms with van der Waals surface area (Å²) in [4.78, 5) is 16.9. The molecule has 28 heavy (non-hydrogen) atoms. The second kappa shape index (κ2) is 10.2. The second-order valence-corrected chi connectivity index (χ2v) is 6.05. The summed E-state index contributed by atoms with van der Waals surface area (Å²) in [5.41, 5.74) is 0.591. The van der Waals surface area contributed by atoms with Crippen molar-refractivity contribution < 1.29 is 19.0 Å². The molecule has 0 spiro atoms. The van der Waals surface area contributed by atoms with E-state index in [0.29, 0.717) is 37.6 Å². The van der Waals surface area contributed by atoms with Gasteiger partial charge in [0.05, 0.1) is 13.7 Å². The Labute approximate surface area is 163 Å². The predicted octanol–water partition coefficient (Wildman–Crippen LogP) is 3.20. The lowest BCUT2D eigenvalue weighted by Gasteiger charge is -2.16. The number of carbonyl (C=O) groups excluding carboxylic acids is 1. The maximum absolute atomic E-state index is 12.9. The van der Waals surface area contributed by atoms with Crippen molar-refractivity contribution in [3.05, 3.63) is 72.8 Å². The van der Waals surface area contributed by atoms with E-state index in [2.05, 4.69) is 10.1 Å². The third-order valence-electron chi connectivity index (χ3n) is 4.21. The zero-order chi connectivity index (χ0) is 19.6. The van der Waals surface area contributed by atoms with E-state index >= 15 is 0 Å². The number of hydrogen-bond donors (Lipinski definition) is 0. The average molecular weight is 381 g/mol. The summed E-state index contributed by atoms with van der Waals surface area (Å²) >= 11 is 0. The molecule has 0 amide bonds. The summed E-state index contributed by atoms with van der Waals surface area (Å²) in [5, 5.41) is 4.13. The van der Waals surface area contributed by atoms with E-state index in [1.807, 2.05) is 30.3 Å². The van der Waals surface area contributed by atoms with Gasteiger partial charge in [-0.05, 0) is 36.4 Å². The largest absolute Gasteiger partial charge is 0.497 e. The van der Waals surface area contributed by atoms with Gasteiger partial charge in [0.25, 0.3) is 0 Å². The number of Topliss-reactive ketones (excluding diaryl/α,β-unsaturated/α-hetero) is 1. The Morgan fingerprint density at radius 1 is 1.00 bits per heavy atom. The van der Waals surface area contributed by atoms with Crippen LogP contribution in [0.1, 0.15) is 22.8 Å². The highest BCUT2D eigenvalue weighted by Gasteiger charge is 2.22. The van der Waals surface area contributed by atoms with Crippen LogP contribution in [0.3, 0.4) is 0 Å². The van der Waals surface area contributed by atoms with Gasteiger partial charge in [-0.1, -0.05) is 18.2 Å². The molecule has 0 saturated carbocycles. The van der Waals surface area contributed by atoms with Gasteiger partial charge in [0, 0.05) is 18.6 Å². The normalized spacial score (nSPS) is 11.8. The predicted molar refractivity (Wildman–Crippen MR) is 104 cm³/mol. The number of nitrogens with zero attached hydrogens (tertiary/aromatic N) is 3. The fraction of sp³-hybridized carbons (Fsp3) is 0.286. The van der Waals surface area contributed by atoms with Crippen LogP contribution in [0.25, 0.3) is 0 Å². The molecular formula is C21H23N3O4. The SMILES string of the molecule is COc1ccc(C(=O)C(CCOCCOc2ccccc2)n2cncn2)cc1. The Morgan fingerprint density at radius 3 is 2.46 bits per heavy atom. The lowest BCUT2D eigenvalue weighted by molar-refractivity contribution is 0.0762. The maximum Gasteiger partial charge on any atom is 0.187 e. The van der Waals surface area contributed by atoms with Gasteiger partial charge in [0.2, 0.25) is 0 Å². The number of ether oxygens (including phenoxy) is 3. The molecule has 0 N–H and O–H groups in total. The smallest absolute Gasteiger partial charge is 0.187 e. The number of aromatic nitrogens is 3. The van der Waals surface area contributed by atoms with Crippen LogP contribution >= 0.6 is 0 Å². The molecule has 1 atom stereocenters. The number of benzene rings is 2. The van der Waals surface area contributed by atoms with E-state index in [1.54, 1.807) is 42.4 Å². The second-order valence-electron chi connectivity index (χ2n) is 6.05. The first-order valence-electron chi connectivity index (χ1n) is 9.06. The summed E-state index contributed by atoms with van der Waals surface area (Å²) < 4.78 is 18.0. The van der Waals surface area contributed by atoms with Crippen LogP contribution in [0.2, 0.25) is 0 Å². The average Bonchev–Trinajstić information content (AvgIpc) is 3.28. The van der Waals surface area contributed by atoms with Crippen LogP contribution in [0.5, 0.6) is 11.5 Å².